The lowest BCUT2D eigenvalue weighted by Gasteiger charge is -2.49. The Morgan fingerprint density at radius 3 is 2.27 bits per heavy atom. The average molecular weight is 412 g/mol. The number of hydrogen-bond donors (Lipinski definition) is 1. The number of nitrogens with one attached hydrogen (secondary N) is 1. The van der Waals surface area contributed by atoms with Gasteiger partial charge in [0.25, 0.3) is 0 Å². The van der Waals surface area contributed by atoms with E-state index in [1.165, 1.54) is 6.07 Å². The smallest absolute Gasteiger partial charge is 0.319 e. The number of hydrogen-bond acceptors (Lipinski definition) is 4. The molecule has 2 aliphatic rings. The van der Waals surface area contributed by atoms with Gasteiger partial charge in [-0.2, -0.15) is 18.4 Å². The summed E-state index contributed by atoms with van der Waals surface area (Å²) in [7, 11) is 1.82. The van der Waals surface area contributed by atoms with Gasteiger partial charge >= 0.3 is 6.18 Å². The quantitative estimate of drug-likeness (QED) is 0.757. The van der Waals surface area contributed by atoms with E-state index in [0.717, 1.165) is 36.6 Å². The van der Waals surface area contributed by atoms with Crippen molar-refractivity contribution in [3.8, 4) is 6.07 Å². The maximum absolute atomic E-state index is 13.6. The molecular formula is C23H23F3N4. The van der Waals surface area contributed by atoms with Gasteiger partial charge in [0.1, 0.15) is 12.0 Å². The molecular weight excluding hydrogens is 389 g/mol. The van der Waals surface area contributed by atoms with E-state index >= 15 is 0 Å². The van der Waals surface area contributed by atoms with Crippen LogP contribution in [0.5, 0.6) is 0 Å². The minimum atomic E-state index is -4.61. The number of rotatable bonds is 3. The van der Waals surface area contributed by atoms with E-state index in [4.69, 9.17) is 5.26 Å². The van der Waals surface area contributed by atoms with Crippen molar-refractivity contribution in [1.29, 1.82) is 5.26 Å². The highest BCUT2D eigenvalue weighted by atomic mass is 19.4. The van der Waals surface area contributed by atoms with Crippen LogP contribution in [0.4, 0.5) is 24.5 Å². The zero-order chi connectivity index (χ0) is 21.7. The predicted molar refractivity (Wildman–Crippen MR) is 111 cm³/mol. The van der Waals surface area contributed by atoms with Gasteiger partial charge in [0.05, 0.1) is 22.7 Å². The first-order valence-electron chi connectivity index (χ1n) is 9.86. The summed E-state index contributed by atoms with van der Waals surface area (Å²) >= 11 is 0. The first kappa shape index (κ1) is 20.3. The number of alkyl halides is 3. The van der Waals surface area contributed by atoms with Crippen LogP contribution in [0.15, 0.2) is 54.9 Å². The lowest BCUT2D eigenvalue weighted by Crippen LogP contribution is -2.61. The fourth-order valence-electron chi connectivity index (χ4n) is 4.72. The summed E-state index contributed by atoms with van der Waals surface area (Å²) in [5.41, 5.74) is 0.875. The van der Waals surface area contributed by atoms with Crippen LogP contribution in [0.2, 0.25) is 0 Å². The van der Waals surface area contributed by atoms with E-state index < -0.39 is 11.7 Å². The van der Waals surface area contributed by atoms with E-state index in [-0.39, 0.29) is 17.3 Å². The van der Waals surface area contributed by atoms with Gasteiger partial charge in [0.15, 0.2) is 0 Å². The van der Waals surface area contributed by atoms with Gasteiger partial charge in [0.2, 0.25) is 0 Å². The Morgan fingerprint density at radius 2 is 1.77 bits per heavy atom. The summed E-state index contributed by atoms with van der Waals surface area (Å²) in [6.45, 7) is 6.28. The van der Waals surface area contributed by atoms with Crippen LogP contribution in [-0.2, 0) is 6.18 Å². The Labute approximate surface area is 174 Å². The number of halogens is 3. The normalized spacial score (nSPS) is 20.4. The van der Waals surface area contributed by atoms with Gasteiger partial charge < -0.3 is 9.80 Å². The second-order valence-corrected chi connectivity index (χ2v) is 7.94. The summed E-state index contributed by atoms with van der Waals surface area (Å²) in [5, 5.41) is 12.4. The topological polar surface area (TPSA) is 42.3 Å². The van der Waals surface area contributed by atoms with Crippen molar-refractivity contribution in [3.05, 3.63) is 71.6 Å². The van der Waals surface area contributed by atoms with Crippen LogP contribution in [0.1, 0.15) is 36.0 Å². The standard InChI is InChI=1S/C23H23F3N4/c1-15-5-8-18(9-6-15)30-16(2)29(21(28-3)22(30)11-4-12-22)19-10-7-17(14-27)20(13-19)23(24,25)26/h5-10,13,21,28H,2,4,11-12H2,1,3H3. The van der Waals surface area contributed by atoms with Gasteiger partial charge in [0, 0.05) is 11.4 Å². The zero-order valence-electron chi connectivity index (χ0n) is 16.9. The molecule has 0 bridgehead atoms. The molecule has 0 amide bonds. The molecule has 2 aromatic rings. The molecule has 156 valence electrons. The molecule has 2 aromatic carbocycles. The SMILES string of the molecule is C=C1N(c2ccc(C#N)c(C(F)(F)F)c2)C(NC)C2(CCC2)N1c1ccc(C)cc1. The predicted octanol–water partition coefficient (Wildman–Crippen LogP) is 5.15. The van der Waals surface area contributed by atoms with E-state index in [1.807, 2.05) is 43.1 Å². The number of aryl methyl sites for hydroxylation is 1. The van der Waals surface area contributed by atoms with Gasteiger partial charge in [-0.15, -0.1) is 0 Å². The molecule has 1 saturated carbocycles. The minimum absolute atomic E-state index is 0.242. The molecule has 7 heteroatoms. The summed E-state index contributed by atoms with van der Waals surface area (Å²) < 4.78 is 40.7. The summed E-state index contributed by atoms with van der Waals surface area (Å²) in [4.78, 5) is 3.98. The van der Waals surface area contributed by atoms with Crippen LogP contribution in [0.25, 0.3) is 0 Å². The van der Waals surface area contributed by atoms with Gasteiger partial charge in [-0.3, -0.25) is 5.32 Å². The molecule has 1 aliphatic carbocycles. The van der Waals surface area contributed by atoms with Crippen LogP contribution in [0, 0.1) is 18.3 Å². The Bertz CT molecular complexity index is 1020. The van der Waals surface area contributed by atoms with Gasteiger partial charge in [-0.1, -0.05) is 24.3 Å². The molecule has 2 fully saturated rings. The molecule has 1 atom stereocenters. The van der Waals surface area contributed by atoms with E-state index in [9.17, 15) is 13.2 Å². The van der Waals surface area contributed by atoms with Gasteiger partial charge in [-0.05, 0) is 63.6 Å². The molecule has 0 aromatic heterocycles. The van der Waals surface area contributed by atoms with E-state index in [1.54, 1.807) is 12.1 Å². The monoisotopic (exact) mass is 412 g/mol. The lowest BCUT2D eigenvalue weighted by atomic mass is 9.73. The van der Waals surface area contributed by atoms with Crippen molar-refractivity contribution in [1.82, 2.24) is 5.32 Å². The maximum atomic E-state index is 13.6. The Balaban J connectivity index is 1.84. The van der Waals surface area contributed by atoms with Crippen LogP contribution in [0.3, 0.4) is 0 Å². The number of nitrogens with zero attached hydrogens (tertiary/aromatic N) is 3. The Kier molecular flexibility index (Phi) is 4.78. The maximum Gasteiger partial charge on any atom is 0.417 e. The fraction of sp³-hybridized carbons (Fsp3) is 0.348. The van der Waals surface area contributed by atoms with Crippen molar-refractivity contribution in [3.63, 3.8) is 0 Å². The highest BCUT2D eigenvalue weighted by Crippen LogP contribution is 2.52. The molecule has 1 aliphatic heterocycles. The molecule has 1 N–H and O–H groups in total. The Morgan fingerprint density at radius 1 is 1.13 bits per heavy atom. The molecule has 1 spiro atoms. The number of anilines is 2. The highest BCUT2D eigenvalue weighted by molar-refractivity contribution is 5.70. The third kappa shape index (κ3) is 2.94. The lowest BCUT2D eigenvalue weighted by molar-refractivity contribution is -0.137. The van der Waals surface area contributed by atoms with Crippen molar-refractivity contribution in [2.45, 2.75) is 44.1 Å². The number of likely N-dealkylation sites (N-methyl/N-ethyl adjacent to an activating group) is 1. The van der Waals surface area contributed by atoms with Gasteiger partial charge in [-0.25, -0.2) is 0 Å². The number of benzene rings is 2. The molecule has 4 rings (SSSR count). The third-order valence-electron chi connectivity index (χ3n) is 6.24. The molecule has 1 unspecified atom stereocenters. The average Bonchev–Trinajstić information content (AvgIpc) is 2.96. The van der Waals surface area contributed by atoms with Crippen molar-refractivity contribution < 1.29 is 13.2 Å². The van der Waals surface area contributed by atoms with E-state index in [2.05, 4.69) is 16.8 Å². The number of nitriles is 1. The molecule has 0 radical (unpaired) electrons. The molecule has 1 heterocycles. The second-order valence-electron chi connectivity index (χ2n) is 7.94. The van der Waals surface area contributed by atoms with E-state index in [0.29, 0.717) is 11.5 Å². The summed E-state index contributed by atoms with van der Waals surface area (Å²) in [5.74, 6) is 0.621. The van der Waals surface area contributed by atoms with Crippen LogP contribution in [-0.4, -0.2) is 18.8 Å². The second kappa shape index (κ2) is 7.06. The van der Waals surface area contributed by atoms with Crippen molar-refractivity contribution >= 4 is 11.4 Å². The van der Waals surface area contributed by atoms with Crippen molar-refractivity contribution in [2.24, 2.45) is 0 Å². The van der Waals surface area contributed by atoms with Crippen LogP contribution < -0.4 is 15.1 Å². The zero-order valence-corrected chi connectivity index (χ0v) is 16.9. The first-order chi connectivity index (χ1) is 14.2. The largest absolute Gasteiger partial charge is 0.417 e. The first-order valence-corrected chi connectivity index (χ1v) is 9.86. The van der Waals surface area contributed by atoms with Crippen LogP contribution >= 0.6 is 0 Å². The minimum Gasteiger partial charge on any atom is -0.319 e. The molecule has 4 nitrogen and oxygen atoms in total. The molecule has 30 heavy (non-hydrogen) atoms. The highest BCUT2D eigenvalue weighted by Gasteiger charge is 2.58. The Hall–Kier alpha value is -2.98. The summed E-state index contributed by atoms with van der Waals surface area (Å²) in [6, 6.07) is 13.6. The summed E-state index contributed by atoms with van der Waals surface area (Å²) in [6.07, 6.45) is -1.99. The third-order valence-corrected chi connectivity index (χ3v) is 6.24. The fourth-order valence-corrected chi connectivity index (χ4v) is 4.72. The molecule has 1 saturated heterocycles. The van der Waals surface area contributed by atoms with Crippen molar-refractivity contribution in [2.75, 3.05) is 16.8 Å².